The molecule has 0 atom stereocenters. The number of carbonyl (C=O) groups is 2. The monoisotopic (exact) mass is 418 g/mol. The van der Waals surface area contributed by atoms with E-state index in [-0.39, 0.29) is 5.70 Å². The SMILES string of the molecule is CN(C1=CC(=O)NC1=O)c1nc(-c2cccs2)nc2scc(-c3ccccc3)c12. The Balaban J connectivity index is 1.77. The van der Waals surface area contributed by atoms with Crippen LogP contribution in [0.25, 0.3) is 32.0 Å². The predicted molar refractivity (Wildman–Crippen MR) is 116 cm³/mol. The molecule has 4 aromatic rings. The molecule has 0 unspecified atom stereocenters. The van der Waals surface area contributed by atoms with Crippen LogP contribution < -0.4 is 10.2 Å². The van der Waals surface area contributed by atoms with Crippen molar-refractivity contribution in [1.82, 2.24) is 15.3 Å². The van der Waals surface area contributed by atoms with Gasteiger partial charge in [0.2, 0.25) is 0 Å². The number of hydrogen-bond donors (Lipinski definition) is 1. The zero-order valence-electron chi connectivity index (χ0n) is 15.2. The highest BCUT2D eigenvalue weighted by atomic mass is 32.1. The quantitative estimate of drug-likeness (QED) is 0.506. The van der Waals surface area contributed by atoms with Crippen molar-refractivity contribution < 1.29 is 9.59 Å². The molecule has 0 fully saturated rings. The molecule has 1 aliphatic heterocycles. The molecule has 0 bridgehead atoms. The highest BCUT2D eigenvalue weighted by molar-refractivity contribution is 7.17. The number of nitrogens with zero attached hydrogens (tertiary/aromatic N) is 3. The van der Waals surface area contributed by atoms with Gasteiger partial charge in [-0.05, 0) is 17.0 Å². The fraction of sp³-hybridized carbons (Fsp3) is 0.0476. The van der Waals surface area contributed by atoms with Gasteiger partial charge in [0.15, 0.2) is 5.82 Å². The molecule has 142 valence electrons. The third kappa shape index (κ3) is 3.02. The number of nitrogens with one attached hydrogen (secondary N) is 1. The Bertz CT molecular complexity index is 1280. The summed E-state index contributed by atoms with van der Waals surface area (Å²) in [6.07, 6.45) is 1.30. The Kier molecular flexibility index (Phi) is 4.22. The molecule has 29 heavy (non-hydrogen) atoms. The predicted octanol–water partition coefficient (Wildman–Crippen LogP) is 4.06. The Hall–Kier alpha value is -3.36. The van der Waals surface area contributed by atoms with Gasteiger partial charge < -0.3 is 4.90 Å². The Morgan fingerprint density at radius 2 is 1.83 bits per heavy atom. The Labute approximate surface area is 174 Å². The van der Waals surface area contributed by atoms with Gasteiger partial charge in [-0.15, -0.1) is 22.7 Å². The number of imide groups is 1. The Morgan fingerprint density at radius 1 is 1.00 bits per heavy atom. The van der Waals surface area contributed by atoms with Crippen LogP contribution in [0.2, 0.25) is 0 Å². The van der Waals surface area contributed by atoms with Crippen LogP contribution in [0.1, 0.15) is 0 Å². The molecule has 8 heteroatoms. The van der Waals surface area contributed by atoms with Crippen molar-refractivity contribution >= 4 is 50.5 Å². The third-order valence-corrected chi connectivity index (χ3v) is 6.40. The summed E-state index contributed by atoms with van der Waals surface area (Å²) in [5.74, 6) is 0.336. The van der Waals surface area contributed by atoms with Crippen molar-refractivity contribution in [3.63, 3.8) is 0 Å². The maximum Gasteiger partial charge on any atom is 0.274 e. The normalized spacial score (nSPS) is 13.6. The number of anilines is 1. The lowest BCUT2D eigenvalue weighted by atomic mass is 10.1. The van der Waals surface area contributed by atoms with Gasteiger partial charge in [0, 0.05) is 24.1 Å². The van der Waals surface area contributed by atoms with E-state index in [4.69, 9.17) is 9.97 Å². The van der Waals surface area contributed by atoms with Crippen LogP contribution in [0, 0.1) is 0 Å². The van der Waals surface area contributed by atoms with E-state index in [2.05, 4.69) is 10.7 Å². The lowest BCUT2D eigenvalue weighted by Gasteiger charge is -2.20. The van der Waals surface area contributed by atoms with Crippen molar-refractivity contribution in [1.29, 1.82) is 0 Å². The molecular weight excluding hydrogens is 404 g/mol. The summed E-state index contributed by atoms with van der Waals surface area (Å²) in [7, 11) is 1.75. The summed E-state index contributed by atoms with van der Waals surface area (Å²) >= 11 is 3.09. The first kappa shape index (κ1) is 17.7. The number of aromatic nitrogens is 2. The lowest BCUT2D eigenvalue weighted by Crippen LogP contribution is -2.29. The topological polar surface area (TPSA) is 75.2 Å². The van der Waals surface area contributed by atoms with E-state index >= 15 is 0 Å². The fourth-order valence-corrected chi connectivity index (χ4v) is 4.88. The van der Waals surface area contributed by atoms with E-state index in [1.807, 2.05) is 47.8 Å². The average Bonchev–Trinajstić information content (AvgIpc) is 3.47. The minimum atomic E-state index is -0.432. The lowest BCUT2D eigenvalue weighted by molar-refractivity contribution is -0.123. The molecule has 4 heterocycles. The van der Waals surface area contributed by atoms with Crippen LogP contribution in [-0.4, -0.2) is 28.8 Å². The first-order valence-electron chi connectivity index (χ1n) is 8.81. The van der Waals surface area contributed by atoms with Gasteiger partial charge >= 0.3 is 0 Å². The minimum Gasteiger partial charge on any atom is -0.324 e. The second-order valence-corrected chi connectivity index (χ2v) is 8.26. The van der Waals surface area contributed by atoms with Gasteiger partial charge in [-0.3, -0.25) is 14.9 Å². The minimum absolute atomic E-state index is 0.261. The van der Waals surface area contributed by atoms with E-state index < -0.39 is 11.8 Å². The molecule has 6 nitrogen and oxygen atoms in total. The van der Waals surface area contributed by atoms with E-state index in [0.29, 0.717) is 11.6 Å². The van der Waals surface area contributed by atoms with E-state index in [1.165, 1.54) is 17.4 Å². The van der Waals surface area contributed by atoms with Gasteiger partial charge in [-0.2, -0.15) is 0 Å². The molecular formula is C21H14N4O2S2. The van der Waals surface area contributed by atoms with Gasteiger partial charge in [0.05, 0.1) is 10.3 Å². The van der Waals surface area contributed by atoms with Crippen molar-refractivity contribution in [2.75, 3.05) is 11.9 Å². The second-order valence-electron chi connectivity index (χ2n) is 6.45. The molecule has 0 saturated carbocycles. The fourth-order valence-electron chi connectivity index (χ4n) is 3.28. The van der Waals surface area contributed by atoms with Gasteiger partial charge in [-0.25, -0.2) is 9.97 Å². The van der Waals surface area contributed by atoms with Crippen molar-refractivity contribution in [2.45, 2.75) is 0 Å². The molecule has 0 radical (unpaired) electrons. The van der Waals surface area contributed by atoms with Gasteiger partial charge in [0.25, 0.3) is 11.8 Å². The summed E-state index contributed by atoms with van der Waals surface area (Å²) in [5, 5.41) is 7.18. The zero-order chi connectivity index (χ0) is 20.0. The standard InChI is InChI=1S/C21H14N4O2S2/c1-25(14-10-16(26)22-20(14)27)19-17-13(12-6-3-2-4-7-12)11-29-21(17)24-18(23-19)15-8-5-9-28-15/h2-11H,1H3,(H,22,26,27). The van der Waals surface area contributed by atoms with Crippen LogP contribution in [0.5, 0.6) is 0 Å². The van der Waals surface area contributed by atoms with Crippen LogP contribution in [0.3, 0.4) is 0 Å². The first-order valence-corrected chi connectivity index (χ1v) is 10.6. The van der Waals surface area contributed by atoms with Crippen molar-refractivity contribution in [3.8, 4) is 21.8 Å². The molecule has 0 spiro atoms. The molecule has 3 aromatic heterocycles. The summed E-state index contributed by atoms with van der Waals surface area (Å²) in [6, 6.07) is 13.9. The average molecular weight is 419 g/mol. The molecule has 0 aliphatic carbocycles. The van der Waals surface area contributed by atoms with Crippen LogP contribution in [-0.2, 0) is 9.59 Å². The van der Waals surface area contributed by atoms with E-state index in [9.17, 15) is 9.59 Å². The van der Waals surface area contributed by atoms with E-state index in [1.54, 1.807) is 23.3 Å². The number of amides is 2. The molecule has 2 amide bonds. The number of hydrogen-bond acceptors (Lipinski definition) is 7. The number of rotatable bonds is 4. The van der Waals surface area contributed by atoms with Gasteiger partial charge in [0.1, 0.15) is 16.3 Å². The van der Waals surface area contributed by atoms with Gasteiger partial charge in [-0.1, -0.05) is 36.4 Å². The maximum absolute atomic E-state index is 12.3. The Morgan fingerprint density at radius 3 is 2.52 bits per heavy atom. The largest absolute Gasteiger partial charge is 0.324 e. The van der Waals surface area contributed by atoms with Crippen LogP contribution in [0.4, 0.5) is 5.82 Å². The van der Waals surface area contributed by atoms with Crippen LogP contribution >= 0.6 is 22.7 Å². The van der Waals surface area contributed by atoms with E-state index in [0.717, 1.165) is 26.2 Å². The number of fused-ring (bicyclic) bond motifs is 1. The molecule has 1 aliphatic rings. The molecule has 1 N–H and O–H groups in total. The number of likely N-dealkylation sites (N-methyl/N-ethyl adjacent to an activating group) is 1. The second kappa shape index (κ2) is 6.91. The maximum atomic E-state index is 12.3. The summed E-state index contributed by atoms with van der Waals surface area (Å²) in [6.45, 7) is 0. The van der Waals surface area contributed by atoms with Crippen molar-refractivity contribution in [2.24, 2.45) is 0 Å². The molecule has 5 rings (SSSR count). The number of thiophene rings is 2. The highest BCUT2D eigenvalue weighted by Crippen LogP contribution is 2.40. The third-order valence-electron chi connectivity index (χ3n) is 4.66. The number of carbonyl (C=O) groups excluding carboxylic acids is 2. The molecule has 1 aromatic carbocycles. The van der Waals surface area contributed by atoms with Crippen molar-refractivity contribution in [3.05, 3.63) is 65.0 Å². The summed E-state index contributed by atoms with van der Waals surface area (Å²) in [4.78, 5) is 37.0. The van der Waals surface area contributed by atoms with Crippen LogP contribution in [0.15, 0.2) is 65.0 Å². The zero-order valence-corrected chi connectivity index (χ0v) is 16.9. The summed E-state index contributed by atoms with van der Waals surface area (Å²) in [5.41, 5.74) is 2.30. The molecule has 0 saturated heterocycles. The first-order chi connectivity index (χ1) is 14.1. The summed E-state index contributed by atoms with van der Waals surface area (Å²) < 4.78 is 0. The number of benzene rings is 1. The highest BCUT2D eigenvalue weighted by Gasteiger charge is 2.28. The smallest absolute Gasteiger partial charge is 0.274 e.